The molecule has 1 aromatic heterocycles. The molecule has 0 fully saturated rings. The number of nitrogens with zero attached hydrogens (tertiary/aromatic N) is 1. The lowest BCUT2D eigenvalue weighted by Gasteiger charge is -2.04. The van der Waals surface area contributed by atoms with Gasteiger partial charge in [-0.05, 0) is 12.1 Å². The molecule has 0 N–H and O–H groups in total. The topological polar surface area (TPSA) is 35.3 Å². The van der Waals surface area contributed by atoms with Crippen molar-refractivity contribution in [1.82, 2.24) is 4.98 Å². The van der Waals surface area contributed by atoms with Gasteiger partial charge in [0.05, 0.1) is 6.20 Å². The lowest BCUT2D eigenvalue weighted by atomic mass is 10.3. The van der Waals surface area contributed by atoms with Crippen LogP contribution in [0.4, 0.5) is 8.78 Å². The maximum atomic E-state index is 13.1. The van der Waals surface area contributed by atoms with E-state index in [0.29, 0.717) is 5.76 Å². The summed E-state index contributed by atoms with van der Waals surface area (Å²) < 4.78 is 35.7. The van der Waals surface area contributed by atoms with E-state index in [1.165, 1.54) is 24.7 Å². The van der Waals surface area contributed by atoms with Crippen molar-refractivity contribution in [1.29, 1.82) is 0 Å². The molecule has 0 unspecified atom stereocenters. The molecule has 0 spiro atoms. The summed E-state index contributed by atoms with van der Waals surface area (Å²) in [5.41, 5.74) is 0. The molecule has 0 bridgehead atoms. The van der Waals surface area contributed by atoms with Crippen LogP contribution in [-0.4, -0.2) is 4.98 Å². The van der Waals surface area contributed by atoms with E-state index in [1.807, 2.05) is 0 Å². The second kappa shape index (κ2) is 4.08. The maximum Gasteiger partial charge on any atom is 0.200 e. The Bertz CT molecular complexity index is 443. The zero-order chi connectivity index (χ0) is 10.7. The summed E-state index contributed by atoms with van der Waals surface area (Å²) in [4.78, 5) is 3.66. The van der Waals surface area contributed by atoms with Crippen molar-refractivity contribution in [2.24, 2.45) is 0 Å². The number of oxazole rings is 1. The molecule has 3 nitrogen and oxygen atoms in total. The van der Waals surface area contributed by atoms with Gasteiger partial charge < -0.3 is 9.15 Å². The third-order valence-electron chi connectivity index (χ3n) is 1.77. The molecule has 0 saturated heterocycles. The minimum absolute atomic E-state index is 0.0143. The van der Waals surface area contributed by atoms with Crippen LogP contribution in [0.3, 0.4) is 0 Å². The first-order chi connectivity index (χ1) is 7.27. The lowest BCUT2D eigenvalue weighted by molar-refractivity contribution is 0.255. The molecule has 1 aromatic carbocycles. The molecule has 0 aliphatic heterocycles. The van der Waals surface area contributed by atoms with Gasteiger partial charge in [-0.3, -0.25) is 0 Å². The summed E-state index contributed by atoms with van der Waals surface area (Å²) in [5.74, 6) is -1.65. The van der Waals surface area contributed by atoms with E-state index in [-0.39, 0.29) is 12.4 Å². The minimum Gasteiger partial charge on any atom is -0.482 e. The van der Waals surface area contributed by atoms with Gasteiger partial charge in [0.15, 0.2) is 23.7 Å². The highest BCUT2D eigenvalue weighted by molar-refractivity contribution is 5.25. The van der Waals surface area contributed by atoms with Crippen molar-refractivity contribution in [3.8, 4) is 5.75 Å². The average molecular weight is 211 g/mol. The van der Waals surface area contributed by atoms with Crippen LogP contribution < -0.4 is 4.74 Å². The molecule has 0 atom stereocenters. The number of benzene rings is 1. The Morgan fingerprint density at radius 3 is 2.93 bits per heavy atom. The molecule has 0 aliphatic carbocycles. The summed E-state index contributed by atoms with van der Waals surface area (Å²) in [5, 5.41) is 0. The Morgan fingerprint density at radius 1 is 1.33 bits per heavy atom. The van der Waals surface area contributed by atoms with Crippen molar-refractivity contribution in [2.75, 3.05) is 0 Å². The fraction of sp³-hybridized carbons (Fsp3) is 0.100. The number of hydrogen-bond donors (Lipinski definition) is 0. The molecule has 0 saturated carbocycles. The zero-order valence-corrected chi connectivity index (χ0v) is 7.61. The minimum atomic E-state index is -1.00. The molecule has 2 aromatic rings. The lowest BCUT2D eigenvalue weighted by Crippen LogP contribution is -1.97. The van der Waals surface area contributed by atoms with Crippen LogP contribution in [0.25, 0.3) is 0 Å². The first kappa shape index (κ1) is 9.64. The standard InChI is InChI=1S/C10H7F2NO2/c11-8-2-1-3-9(10(8)12)14-5-7-4-13-6-15-7/h1-4,6H,5H2. The maximum absolute atomic E-state index is 13.1. The van der Waals surface area contributed by atoms with Gasteiger partial charge in [-0.1, -0.05) is 6.07 Å². The highest BCUT2D eigenvalue weighted by Crippen LogP contribution is 2.20. The molecular formula is C10H7F2NO2. The van der Waals surface area contributed by atoms with Crippen molar-refractivity contribution in [3.05, 3.63) is 48.2 Å². The summed E-state index contributed by atoms with van der Waals surface area (Å²) >= 11 is 0. The summed E-state index contributed by atoms with van der Waals surface area (Å²) in [6, 6.07) is 3.74. The quantitative estimate of drug-likeness (QED) is 0.782. The summed E-state index contributed by atoms with van der Waals surface area (Å²) in [6.07, 6.45) is 2.68. The van der Waals surface area contributed by atoms with E-state index in [9.17, 15) is 8.78 Å². The van der Waals surface area contributed by atoms with Gasteiger partial charge in [0, 0.05) is 0 Å². The third kappa shape index (κ3) is 2.12. The molecule has 78 valence electrons. The van der Waals surface area contributed by atoms with E-state index < -0.39 is 11.6 Å². The Balaban J connectivity index is 2.08. The fourth-order valence-corrected chi connectivity index (χ4v) is 1.06. The smallest absolute Gasteiger partial charge is 0.200 e. The third-order valence-corrected chi connectivity index (χ3v) is 1.77. The number of halogens is 2. The SMILES string of the molecule is Fc1cccc(OCc2cnco2)c1F. The van der Waals surface area contributed by atoms with E-state index in [2.05, 4.69) is 4.98 Å². The molecule has 0 radical (unpaired) electrons. The fourth-order valence-electron chi connectivity index (χ4n) is 1.06. The summed E-state index contributed by atoms with van der Waals surface area (Å²) in [6.45, 7) is 0.0143. The van der Waals surface area contributed by atoms with Gasteiger partial charge in [-0.2, -0.15) is 4.39 Å². The van der Waals surface area contributed by atoms with Crippen LogP contribution in [0, 0.1) is 11.6 Å². The van der Waals surface area contributed by atoms with Crippen molar-refractivity contribution in [3.63, 3.8) is 0 Å². The Morgan fingerprint density at radius 2 is 2.20 bits per heavy atom. The van der Waals surface area contributed by atoms with Crippen LogP contribution in [0.5, 0.6) is 5.75 Å². The molecule has 1 heterocycles. The molecule has 2 rings (SSSR count). The van der Waals surface area contributed by atoms with E-state index in [4.69, 9.17) is 9.15 Å². The molecule has 0 aliphatic rings. The zero-order valence-electron chi connectivity index (χ0n) is 7.61. The number of rotatable bonds is 3. The second-order valence-electron chi connectivity index (χ2n) is 2.81. The van der Waals surface area contributed by atoms with Crippen molar-refractivity contribution >= 4 is 0 Å². The second-order valence-corrected chi connectivity index (χ2v) is 2.81. The van der Waals surface area contributed by atoms with Gasteiger partial charge in [0.2, 0.25) is 5.82 Å². The average Bonchev–Trinajstić information content (AvgIpc) is 2.73. The predicted molar refractivity (Wildman–Crippen MR) is 47.2 cm³/mol. The van der Waals surface area contributed by atoms with Crippen molar-refractivity contribution in [2.45, 2.75) is 6.61 Å². The van der Waals surface area contributed by atoms with Gasteiger partial charge >= 0.3 is 0 Å². The van der Waals surface area contributed by atoms with Crippen LogP contribution in [-0.2, 0) is 6.61 Å². The Kier molecular flexibility index (Phi) is 2.62. The Labute approximate surface area is 84.3 Å². The number of aromatic nitrogens is 1. The van der Waals surface area contributed by atoms with Crippen LogP contribution in [0.15, 0.2) is 35.2 Å². The first-order valence-electron chi connectivity index (χ1n) is 4.21. The molecule has 5 heteroatoms. The van der Waals surface area contributed by atoms with Gasteiger partial charge in [-0.15, -0.1) is 0 Å². The van der Waals surface area contributed by atoms with E-state index in [1.54, 1.807) is 0 Å². The predicted octanol–water partition coefficient (Wildman–Crippen LogP) is 2.53. The summed E-state index contributed by atoms with van der Waals surface area (Å²) in [7, 11) is 0. The van der Waals surface area contributed by atoms with E-state index >= 15 is 0 Å². The van der Waals surface area contributed by atoms with Crippen LogP contribution in [0.1, 0.15) is 5.76 Å². The first-order valence-corrected chi connectivity index (χ1v) is 4.21. The normalized spacial score (nSPS) is 10.3. The molecule has 15 heavy (non-hydrogen) atoms. The number of hydrogen-bond acceptors (Lipinski definition) is 3. The van der Waals surface area contributed by atoms with Crippen LogP contribution in [0.2, 0.25) is 0 Å². The van der Waals surface area contributed by atoms with Crippen molar-refractivity contribution < 1.29 is 17.9 Å². The largest absolute Gasteiger partial charge is 0.482 e. The van der Waals surface area contributed by atoms with Gasteiger partial charge in [0.25, 0.3) is 0 Å². The molecule has 0 amide bonds. The molecular weight excluding hydrogens is 204 g/mol. The Hall–Kier alpha value is -1.91. The number of ether oxygens (including phenoxy) is 1. The highest BCUT2D eigenvalue weighted by Gasteiger charge is 2.09. The van der Waals surface area contributed by atoms with E-state index in [0.717, 1.165) is 6.07 Å². The monoisotopic (exact) mass is 211 g/mol. The highest BCUT2D eigenvalue weighted by atomic mass is 19.2. The van der Waals surface area contributed by atoms with Crippen LogP contribution >= 0.6 is 0 Å². The van der Waals surface area contributed by atoms with Gasteiger partial charge in [-0.25, -0.2) is 9.37 Å². The van der Waals surface area contributed by atoms with Gasteiger partial charge in [0.1, 0.15) is 6.61 Å².